The Morgan fingerprint density at radius 1 is 1.16 bits per heavy atom. The number of amides is 1. The zero-order valence-corrected chi connectivity index (χ0v) is 17.6. The molecule has 1 saturated heterocycles. The molecule has 2 aromatic carbocycles. The number of carbonyl (C=O) groups is 1. The van der Waals surface area contributed by atoms with Crippen LogP contribution in [0.25, 0.3) is 11.4 Å². The zero-order chi connectivity index (χ0) is 21.5. The van der Waals surface area contributed by atoms with Gasteiger partial charge in [0.25, 0.3) is 0 Å². The minimum absolute atomic E-state index is 0.208. The molecule has 1 fully saturated rings. The van der Waals surface area contributed by atoms with Gasteiger partial charge in [0.05, 0.1) is 6.54 Å². The van der Waals surface area contributed by atoms with Crippen LogP contribution in [0.15, 0.2) is 59.9 Å². The number of hydrogen-bond donors (Lipinski definition) is 3. The van der Waals surface area contributed by atoms with Crippen molar-refractivity contribution in [3.63, 3.8) is 0 Å². The second-order valence-electron chi connectivity index (χ2n) is 7.40. The highest BCUT2D eigenvalue weighted by molar-refractivity contribution is 5.95. The monoisotopic (exact) mass is 417 g/mol. The van der Waals surface area contributed by atoms with Crippen molar-refractivity contribution in [2.24, 2.45) is 4.99 Å². The summed E-state index contributed by atoms with van der Waals surface area (Å²) < 4.78 is 0. The number of guanidine groups is 1. The van der Waals surface area contributed by atoms with Crippen molar-refractivity contribution in [2.45, 2.75) is 32.9 Å². The van der Waals surface area contributed by atoms with Crippen molar-refractivity contribution in [3.05, 3.63) is 66.0 Å². The summed E-state index contributed by atoms with van der Waals surface area (Å²) in [7, 11) is 0. The minimum Gasteiger partial charge on any atom is -0.357 e. The van der Waals surface area contributed by atoms with Gasteiger partial charge in [-0.2, -0.15) is 5.10 Å². The molecule has 8 heteroatoms. The van der Waals surface area contributed by atoms with E-state index in [9.17, 15) is 4.79 Å². The highest BCUT2D eigenvalue weighted by Gasteiger charge is 2.21. The van der Waals surface area contributed by atoms with Crippen LogP contribution in [0.5, 0.6) is 0 Å². The van der Waals surface area contributed by atoms with E-state index in [-0.39, 0.29) is 5.91 Å². The van der Waals surface area contributed by atoms with Crippen LogP contribution in [-0.4, -0.2) is 40.1 Å². The Kier molecular flexibility index (Phi) is 6.56. The first kappa shape index (κ1) is 20.6. The average Bonchev–Trinajstić information content (AvgIpc) is 3.48. The molecule has 3 N–H and O–H groups in total. The van der Waals surface area contributed by atoms with Gasteiger partial charge in [-0.1, -0.05) is 30.3 Å². The summed E-state index contributed by atoms with van der Waals surface area (Å²) in [6.07, 6.45) is 3.09. The largest absolute Gasteiger partial charge is 0.357 e. The summed E-state index contributed by atoms with van der Waals surface area (Å²) in [4.78, 5) is 22.7. The summed E-state index contributed by atoms with van der Waals surface area (Å²) in [6, 6.07) is 16.2. The van der Waals surface area contributed by atoms with E-state index in [1.54, 1.807) is 0 Å². The summed E-state index contributed by atoms with van der Waals surface area (Å²) >= 11 is 0. The van der Waals surface area contributed by atoms with E-state index in [1.807, 2.05) is 42.2 Å². The van der Waals surface area contributed by atoms with Crippen LogP contribution in [-0.2, 0) is 17.9 Å². The predicted octanol–water partition coefficient (Wildman–Crippen LogP) is 2.85. The van der Waals surface area contributed by atoms with Gasteiger partial charge in [-0.3, -0.25) is 9.89 Å². The van der Waals surface area contributed by atoms with Gasteiger partial charge in [-0.15, -0.1) is 0 Å². The molecule has 0 radical (unpaired) electrons. The van der Waals surface area contributed by atoms with Gasteiger partial charge >= 0.3 is 0 Å². The fourth-order valence-electron chi connectivity index (χ4n) is 3.57. The number of rotatable bonds is 7. The smallest absolute Gasteiger partial charge is 0.227 e. The van der Waals surface area contributed by atoms with Crippen molar-refractivity contribution < 1.29 is 4.79 Å². The van der Waals surface area contributed by atoms with Crippen LogP contribution in [0.4, 0.5) is 5.69 Å². The first-order valence-electron chi connectivity index (χ1n) is 10.6. The maximum atomic E-state index is 11.9. The highest BCUT2D eigenvalue weighted by Crippen LogP contribution is 2.21. The first-order chi connectivity index (χ1) is 15.2. The standard InChI is InChI=1S/C23H27N7O/c1-2-24-23(26-15-18-5-3-6-19(13-18)22-27-16-28-29-22)25-14-17-8-10-20(11-9-17)30-12-4-7-21(30)31/h3,5-6,8-11,13,16H,2,4,7,12,14-15H2,1H3,(H2,24,25,26)(H,27,28,29). The lowest BCUT2D eigenvalue weighted by Crippen LogP contribution is -2.36. The Balaban J connectivity index is 1.37. The quantitative estimate of drug-likeness (QED) is 0.406. The fraction of sp³-hybridized carbons (Fsp3) is 0.304. The number of H-pyrrole nitrogens is 1. The molecular formula is C23H27N7O. The molecule has 4 rings (SSSR count). The highest BCUT2D eigenvalue weighted by atomic mass is 16.2. The average molecular weight is 418 g/mol. The third kappa shape index (κ3) is 5.28. The molecule has 0 saturated carbocycles. The molecule has 0 bridgehead atoms. The molecule has 0 atom stereocenters. The molecular weight excluding hydrogens is 390 g/mol. The SMILES string of the molecule is CCNC(=NCc1cccc(-c2ncn[nH]2)c1)NCc1ccc(N2CCCC2=O)cc1. The molecule has 1 amide bonds. The Morgan fingerprint density at radius 3 is 2.74 bits per heavy atom. The van der Waals surface area contributed by atoms with E-state index in [0.29, 0.717) is 19.5 Å². The van der Waals surface area contributed by atoms with E-state index in [4.69, 9.17) is 4.99 Å². The van der Waals surface area contributed by atoms with Crippen molar-refractivity contribution in [3.8, 4) is 11.4 Å². The molecule has 31 heavy (non-hydrogen) atoms. The van der Waals surface area contributed by atoms with Crippen LogP contribution in [0.2, 0.25) is 0 Å². The van der Waals surface area contributed by atoms with E-state index in [0.717, 1.165) is 53.7 Å². The van der Waals surface area contributed by atoms with Gasteiger partial charge < -0.3 is 15.5 Å². The van der Waals surface area contributed by atoms with E-state index in [2.05, 4.69) is 44.0 Å². The van der Waals surface area contributed by atoms with Gasteiger partial charge in [0, 0.05) is 37.3 Å². The number of aromatic nitrogens is 3. The molecule has 0 unspecified atom stereocenters. The van der Waals surface area contributed by atoms with E-state index in [1.165, 1.54) is 6.33 Å². The topological polar surface area (TPSA) is 98.3 Å². The lowest BCUT2D eigenvalue weighted by atomic mass is 10.1. The number of nitrogens with one attached hydrogen (secondary N) is 3. The Morgan fingerprint density at radius 2 is 2.03 bits per heavy atom. The number of hydrogen-bond acceptors (Lipinski definition) is 4. The van der Waals surface area contributed by atoms with Crippen LogP contribution in [0, 0.1) is 0 Å². The normalized spacial score (nSPS) is 14.2. The van der Waals surface area contributed by atoms with Crippen molar-refractivity contribution >= 4 is 17.6 Å². The van der Waals surface area contributed by atoms with Crippen molar-refractivity contribution in [1.29, 1.82) is 0 Å². The fourth-order valence-corrected chi connectivity index (χ4v) is 3.57. The first-order valence-corrected chi connectivity index (χ1v) is 10.6. The molecule has 8 nitrogen and oxygen atoms in total. The second kappa shape index (κ2) is 9.88. The third-order valence-electron chi connectivity index (χ3n) is 5.16. The van der Waals surface area contributed by atoms with Crippen molar-refractivity contribution in [2.75, 3.05) is 18.0 Å². The lowest BCUT2D eigenvalue weighted by molar-refractivity contribution is -0.117. The number of carbonyl (C=O) groups excluding carboxylic acids is 1. The van der Waals surface area contributed by atoms with Gasteiger partial charge in [-0.25, -0.2) is 9.98 Å². The van der Waals surface area contributed by atoms with Crippen molar-refractivity contribution in [1.82, 2.24) is 25.8 Å². The minimum atomic E-state index is 0.208. The van der Waals surface area contributed by atoms with Gasteiger partial charge in [0.2, 0.25) is 5.91 Å². The van der Waals surface area contributed by atoms with Crippen LogP contribution < -0.4 is 15.5 Å². The lowest BCUT2D eigenvalue weighted by Gasteiger charge is -2.16. The Hall–Kier alpha value is -3.68. The number of nitrogens with zero attached hydrogens (tertiary/aromatic N) is 4. The maximum absolute atomic E-state index is 11.9. The van der Waals surface area contributed by atoms with Crippen LogP contribution >= 0.6 is 0 Å². The summed E-state index contributed by atoms with van der Waals surface area (Å²) in [5.74, 6) is 1.71. The Labute approximate surface area is 181 Å². The molecule has 1 aromatic heterocycles. The molecule has 2 heterocycles. The molecule has 1 aliphatic rings. The summed E-state index contributed by atoms with van der Waals surface area (Å²) in [5, 5.41) is 13.5. The molecule has 160 valence electrons. The van der Waals surface area contributed by atoms with E-state index < -0.39 is 0 Å². The number of aromatic amines is 1. The van der Waals surface area contributed by atoms with Gasteiger partial charge in [-0.05, 0) is 42.7 Å². The second-order valence-corrected chi connectivity index (χ2v) is 7.40. The zero-order valence-electron chi connectivity index (χ0n) is 17.6. The Bertz CT molecular complexity index is 1030. The molecule has 0 spiro atoms. The predicted molar refractivity (Wildman–Crippen MR) is 122 cm³/mol. The van der Waals surface area contributed by atoms with Gasteiger partial charge in [0.15, 0.2) is 11.8 Å². The number of anilines is 1. The summed E-state index contributed by atoms with van der Waals surface area (Å²) in [6.45, 7) is 4.83. The number of benzene rings is 2. The molecule has 3 aromatic rings. The van der Waals surface area contributed by atoms with Crippen LogP contribution in [0.3, 0.4) is 0 Å². The number of aliphatic imine (C=N–C) groups is 1. The van der Waals surface area contributed by atoms with Gasteiger partial charge in [0.1, 0.15) is 6.33 Å². The summed E-state index contributed by atoms with van der Waals surface area (Å²) in [5.41, 5.74) is 4.18. The molecule has 1 aliphatic heterocycles. The van der Waals surface area contributed by atoms with E-state index >= 15 is 0 Å². The maximum Gasteiger partial charge on any atom is 0.227 e. The molecule has 0 aliphatic carbocycles. The third-order valence-corrected chi connectivity index (χ3v) is 5.16. The van der Waals surface area contributed by atoms with Crippen LogP contribution in [0.1, 0.15) is 30.9 Å².